The van der Waals surface area contributed by atoms with E-state index in [1.54, 1.807) is 22.7 Å². The number of hydrogen-bond donors (Lipinski definition) is 0. The minimum atomic E-state index is -0.383. The van der Waals surface area contributed by atoms with Crippen LogP contribution in [0.5, 0.6) is 0 Å². The van der Waals surface area contributed by atoms with Gasteiger partial charge >= 0.3 is 6.09 Å². The first-order valence-corrected chi connectivity index (χ1v) is 10.7. The van der Waals surface area contributed by atoms with Gasteiger partial charge in [-0.3, -0.25) is 9.36 Å². The fraction of sp³-hybridized carbons (Fsp3) is 0.185. The SMILES string of the molecule is CC(=O)n1cc(CN(C)C(=O)OCC2c3ccccc3-c3ccccc32)c2ccccc21. The van der Waals surface area contributed by atoms with Crippen LogP contribution in [0.1, 0.15) is 34.3 Å². The van der Waals surface area contributed by atoms with Crippen molar-refractivity contribution in [2.75, 3.05) is 13.7 Å². The minimum Gasteiger partial charge on any atom is -0.448 e. The van der Waals surface area contributed by atoms with Crippen LogP contribution >= 0.6 is 0 Å². The maximum atomic E-state index is 12.8. The number of para-hydroxylation sites is 1. The van der Waals surface area contributed by atoms with Crippen LogP contribution in [0.2, 0.25) is 0 Å². The molecule has 0 aliphatic heterocycles. The highest BCUT2D eigenvalue weighted by Gasteiger charge is 2.29. The summed E-state index contributed by atoms with van der Waals surface area (Å²) in [6.45, 7) is 2.18. The predicted octanol–water partition coefficient (Wildman–Crippen LogP) is 5.68. The van der Waals surface area contributed by atoms with E-state index in [9.17, 15) is 9.59 Å². The van der Waals surface area contributed by atoms with Crippen LogP contribution in [0.15, 0.2) is 79.0 Å². The Labute approximate surface area is 186 Å². The number of carbonyl (C=O) groups excluding carboxylic acids is 2. The van der Waals surface area contributed by atoms with E-state index in [4.69, 9.17) is 4.74 Å². The lowest BCUT2D eigenvalue weighted by Crippen LogP contribution is -2.28. The van der Waals surface area contributed by atoms with E-state index >= 15 is 0 Å². The average molecular weight is 425 g/mol. The molecule has 0 unspecified atom stereocenters. The Morgan fingerprint density at radius 1 is 0.906 bits per heavy atom. The van der Waals surface area contributed by atoms with E-state index in [0.29, 0.717) is 6.54 Å². The van der Waals surface area contributed by atoms with Crippen molar-refractivity contribution in [2.24, 2.45) is 0 Å². The van der Waals surface area contributed by atoms with Crippen LogP contribution in [0.25, 0.3) is 22.0 Å². The van der Waals surface area contributed by atoms with Gasteiger partial charge in [-0.15, -0.1) is 0 Å². The number of amides is 1. The zero-order valence-corrected chi connectivity index (χ0v) is 18.1. The molecule has 1 aliphatic carbocycles. The molecule has 5 rings (SSSR count). The van der Waals surface area contributed by atoms with Crippen LogP contribution < -0.4 is 0 Å². The van der Waals surface area contributed by atoms with E-state index in [2.05, 4.69) is 24.3 Å². The number of carbonyl (C=O) groups is 2. The number of rotatable bonds is 4. The molecule has 0 spiro atoms. The zero-order valence-electron chi connectivity index (χ0n) is 18.1. The van der Waals surface area contributed by atoms with Gasteiger partial charge in [-0.1, -0.05) is 66.7 Å². The fourth-order valence-electron chi connectivity index (χ4n) is 4.66. The van der Waals surface area contributed by atoms with Crippen LogP contribution in [-0.4, -0.2) is 35.1 Å². The van der Waals surface area contributed by atoms with Crippen molar-refractivity contribution in [3.8, 4) is 11.1 Å². The first-order valence-electron chi connectivity index (χ1n) is 10.7. The van der Waals surface area contributed by atoms with Gasteiger partial charge in [-0.25, -0.2) is 4.79 Å². The van der Waals surface area contributed by atoms with E-state index in [1.807, 2.05) is 48.5 Å². The van der Waals surface area contributed by atoms with Crippen LogP contribution in [-0.2, 0) is 11.3 Å². The molecule has 32 heavy (non-hydrogen) atoms. The van der Waals surface area contributed by atoms with Crippen molar-refractivity contribution in [3.63, 3.8) is 0 Å². The highest BCUT2D eigenvalue weighted by molar-refractivity contribution is 5.93. The molecule has 0 saturated carbocycles. The van der Waals surface area contributed by atoms with Gasteiger partial charge in [0.05, 0.1) is 12.1 Å². The molecule has 1 amide bonds. The molecule has 0 radical (unpaired) electrons. The summed E-state index contributed by atoms with van der Waals surface area (Å²) < 4.78 is 7.37. The molecule has 5 nitrogen and oxygen atoms in total. The van der Waals surface area contributed by atoms with Crippen LogP contribution in [0.3, 0.4) is 0 Å². The largest absolute Gasteiger partial charge is 0.448 e. The second-order valence-corrected chi connectivity index (χ2v) is 8.22. The molecular weight excluding hydrogens is 400 g/mol. The lowest BCUT2D eigenvalue weighted by Gasteiger charge is -2.19. The Morgan fingerprint density at radius 3 is 2.16 bits per heavy atom. The number of ether oxygens (including phenoxy) is 1. The van der Waals surface area contributed by atoms with Gasteiger partial charge in [0.15, 0.2) is 0 Å². The Balaban J connectivity index is 1.33. The lowest BCUT2D eigenvalue weighted by atomic mass is 9.98. The molecule has 0 bridgehead atoms. The topological polar surface area (TPSA) is 51.5 Å². The molecule has 0 N–H and O–H groups in total. The summed E-state index contributed by atoms with van der Waals surface area (Å²) in [6.07, 6.45) is 1.42. The molecule has 0 atom stereocenters. The number of benzene rings is 3. The third-order valence-corrected chi connectivity index (χ3v) is 6.19. The molecule has 1 aliphatic rings. The van der Waals surface area contributed by atoms with Crippen molar-refractivity contribution in [1.29, 1.82) is 0 Å². The van der Waals surface area contributed by atoms with Crippen LogP contribution in [0, 0.1) is 0 Å². The van der Waals surface area contributed by atoms with Gasteiger partial charge in [-0.05, 0) is 33.9 Å². The molecule has 4 aromatic rings. The molecule has 1 heterocycles. The van der Waals surface area contributed by atoms with Gasteiger partial charge in [-0.2, -0.15) is 0 Å². The van der Waals surface area contributed by atoms with Crippen LogP contribution in [0.4, 0.5) is 4.79 Å². The zero-order chi connectivity index (χ0) is 22.2. The fourth-order valence-corrected chi connectivity index (χ4v) is 4.66. The molecule has 0 saturated heterocycles. The van der Waals surface area contributed by atoms with Gasteiger partial charge < -0.3 is 9.64 Å². The summed E-state index contributed by atoms with van der Waals surface area (Å²) in [5.74, 6) is -0.0318. The first-order chi connectivity index (χ1) is 15.5. The third-order valence-electron chi connectivity index (χ3n) is 6.19. The number of hydrogen-bond acceptors (Lipinski definition) is 3. The Kier molecular flexibility index (Phi) is 5.02. The van der Waals surface area contributed by atoms with Crippen molar-refractivity contribution in [1.82, 2.24) is 9.47 Å². The Morgan fingerprint density at radius 2 is 1.50 bits per heavy atom. The highest BCUT2D eigenvalue weighted by atomic mass is 16.6. The summed E-state index contributed by atoms with van der Waals surface area (Å²) in [7, 11) is 1.72. The van der Waals surface area contributed by atoms with Gasteiger partial charge in [0, 0.05) is 31.5 Å². The third kappa shape index (κ3) is 3.36. The van der Waals surface area contributed by atoms with Crippen molar-refractivity contribution < 1.29 is 14.3 Å². The quantitative estimate of drug-likeness (QED) is 0.423. The standard InChI is InChI=1S/C27H24N2O3/c1-18(30)29-16-19(20-9-7-8-14-26(20)29)15-28(2)27(31)32-17-25-23-12-5-3-10-21(23)22-11-4-6-13-24(22)25/h3-14,16,25H,15,17H2,1-2H3. The molecule has 3 aromatic carbocycles. The minimum absolute atomic E-state index is 0.0272. The van der Waals surface area contributed by atoms with Gasteiger partial charge in [0.25, 0.3) is 0 Å². The second-order valence-electron chi connectivity index (χ2n) is 8.22. The van der Waals surface area contributed by atoms with Gasteiger partial charge in [0.2, 0.25) is 5.91 Å². The van der Waals surface area contributed by atoms with E-state index in [1.165, 1.54) is 29.2 Å². The molecular formula is C27H24N2O3. The smallest absolute Gasteiger partial charge is 0.409 e. The predicted molar refractivity (Wildman–Crippen MR) is 125 cm³/mol. The average Bonchev–Trinajstić information content (AvgIpc) is 3.34. The molecule has 1 aromatic heterocycles. The second kappa shape index (κ2) is 8.00. The number of nitrogens with zero attached hydrogens (tertiary/aromatic N) is 2. The summed E-state index contributed by atoms with van der Waals surface area (Å²) in [4.78, 5) is 26.4. The molecule has 0 fully saturated rings. The summed E-state index contributed by atoms with van der Waals surface area (Å²) in [6, 6.07) is 24.3. The number of aromatic nitrogens is 1. The van der Waals surface area contributed by atoms with Crippen molar-refractivity contribution in [2.45, 2.75) is 19.4 Å². The monoisotopic (exact) mass is 424 g/mol. The van der Waals surface area contributed by atoms with E-state index < -0.39 is 0 Å². The lowest BCUT2D eigenvalue weighted by molar-refractivity contribution is 0.0941. The normalized spacial score (nSPS) is 12.4. The summed E-state index contributed by atoms with van der Waals surface area (Å²) in [5.41, 5.74) is 6.54. The number of fused-ring (bicyclic) bond motifs is 4. The van der Waals surface area contributed by atoms with Gasteiger partial charge in [0.1, 0.15) is 6.61 Å². The molecule has 5 heteroatoms. The van der Waals surface area contributed by atoms with Crippen molar-refractivity contribution >= 4 is 22.9 Å². The Bertz CT molecular complexity index is 1290. The maximum absolute atomic E-state index is 12.8. The maximum Gasteiger partial charge on any atom is 0.409 e. The molecule has 160 valence electrons. The summed E-state index contributed by atoms with van der Waals surface area (Å²) in [5, 5.41) is 0.959. The Hall–Kier alpha value is -3.86. The van der Waals surface area contributed by atoms with E-state index in [0.717, 1.165) is 16.5 Å². The summed E-state index contributed by atoms with van der Waals surface area (Å²) >= 11 is 0. The highest BCUT2D eigenvalue weighted by Crippen LogP contribution is 2.44. The van der Waals surface area contributed by atoms with E-state index in [-0.39, 0.29) is 24.5 Å². The van der Waals surface area contributed by atoms with Crippen molar-refractivity contribution in [3.05, 3.63) is 95.7 Å². The first kappa shape index (κ1) is 20.1.